The predicted octanol–water partition coefficient (Wildman–Crippen LogP) is 2.31. The molecule has 0 amide bonds. The quantitative estimate of drug-likeness (QED) is 0.646. The Labute approximate surface area is 73.7 Å². The topological polar surface area (TPSA) is 24.8 Å². The molecule has 0 aromatic carbocycles. The van der Waals surface area contributed by atoms with Gasteiger partial charge in [-0.15, -0.1) is 0 Å². The monoisotopic (exact) mass is 168 g/mol. The summed E-state index contributed by atoms with van der Waals surface area (Å²) in [7, 11) is 0. The van der Waals surface area contributed by atoms with Crippen molar-refractivity contribution in [2.75, 3.05) is 0 Å². The molecular weight excluding hydrogens is 152 g/mol. The lowest BCUT2D eigenvalue weighted by Gasteiger charge is -2.36. The van der Waals surface area contributed by atoms with E-state index in [-0.39, 0.29) is 5.54 Å². The van der Waals surface area contributed by atoms with E-state index in [0.29, 0.717) is 0 Å². The zero-order valence-corrected chi connectivity index (χ0v) is 7.95. The maximum Gasteiger partial charge on any atom is 0.138 e. The molecule has 0 N–H and O–H groups in total. The SMILES string of the molecule is CCC(C)(CC)N1C=CON=C1. The molecule has 1 aliphatic heterocycles. The predicted molar refractivity (Wildman–Crippen MR) is 49.5 cm³/mol. The first-order valence-electron chi connectivity index (χ1n) is 4.37. The Hall–Kier alpha value is -0.990. The van der Waals surface area contributed by atoms with Crippen molar-refractivity contribution in [1.82, 2.24) is 4.90 Å². The lowest BCUT2D eigenvalue weighted by Crippen LogP contribution is -2.41. The van der Waals surface area contributed by atoms with E-state index in [4.69, 9.17) is 4.84 Å². The average molecular weight is 168 g/mol. The van der Waals surface area contributed by atoms with Crippen molar-refractivity contribution in [3.05, 3.63) is 12.5 Å². The van der Waals surface area contributed by atoms with Crippen molar-refractivity contribution in [2.24, 2.45) is 5.16 Å². The molecule has 0 aromatic heterocycles. The summed E-state index contributed by atoms with van der Waals surface area (Å²) < 4.78 is 0. The molecule has 0 unspecified atom stereocenters. The van der Waals surface area contributed by atoms with Gasteiger partial charge < -0.3 is 9.74 Å². The van der Waals surface area contributed by atoms with Gasteiger partial charge in [-0.1, -0.05) is 19.0 Å². The van der Waals surface area contributed by atoms with E-state index in [1.807, 2.05) is 6.20 Å². The van der Waals surface area contributed by atoms with Gasteiger partial charge in [-0.3, -0.25) is 0 Å². The maximum absolute atomic E-state index is 4.73. The van der Waals surface area contributed by atoms with Crippen LogP contribution in [0.4, 0.5) is 0 Å². The summed E-state index contributed by atoms with van der Waals surface area (Å²) in [6, 6.07) is 0. The van der Waals surface area contributed by atoms with Crippen molar-refractivity contribution < 1.29 is 4.84 Å². The van der Waals surface area contributed by atoms with Crippen molar-refractivity contribution in [2.45, 2.75) is 39.2 Å². The van der Waals surface area contributed by atoms with Crippen LogP contribution in [0.1, 0.15) is 33.6 Å². The van der Waals surface area contributed by atoms with E-state index in [9.17, 15) is 0 Å². The molecule has 1 aliphatic rings. The van der Waals surface area contributed by atoms with E-state index in [1.54, 1.807) is 12.6 Å². The van der Waals surface area contributed by atoms with Gasteiger partial charge in [0.15, 0.2) is 0 Å². The Balaban J connectivity index is 2.71. The van der Waals surface area contributed by atoms with E-state index in [2.05, 4.69) is 30.8 Å². The smallest absolute Gasteiger partial charge is 0.138 e. The standard InChI is InChI=1S/C9H16N2O/c1-4-9(3,5-2)11-6-7-12-10-8-11/h6-8H,4-5H2,1-3H3. The van der Waals surface area contributed by atoms with Crippen molar-refractivity contribution in [3.8, 4) is 0 Å². The van der Waals surface area contributed by atoms with Crippen LogP contribution >= 0.6 is 0 Å². The second-order valence-corrected chi connectivity index (χ2v) is 3.22. The summed E-state index contributed by atoms with van der Waals surface area (Å²) in [6.07, 6.45) is 7.44. The third kappa shape index (κ3) is 1.60. The minimum absolute atomic E-state index is 0.170. The van der Waals surface area contributed by atoms with Gasteiger partial charge in [-0.05, 0) is 19.8 Å². The normalized spacial score (nSPS) is 16.4. The van der Waals surface area contributed by atoms with Crippen LogP contribution < -0.4 is 0 Å². The van der Waals surface area contributed by atoms with Crippen molar-refractivity contribution >= 4 is 6.34 Å². The lowest BCUT2D eigenvalue weighted by molar-refractivity contribution is 0.190. The molecule has 0 fully saturated rings. The molecule has 0 saturated carbocycles. The molecule has 1 heterocycles. The minimum Gasteiger partial charge on any atom is -0.362 e. The number of rotatable bonds is 3. The molecule has 68 valence electrons. The first kappa shape index (κ1) is 9.10. The molecule has 0 saturated heterocycles. The summed E-state index contributed by atoms with van der Waals surface area (Å²) in [5.74, 6) is 0. The average Bonchev–Trinajstić information content (AvgIpc) is 2.18. The number of oxime groups is 1. The summed E-state index contributed by atoms with van der Waals surface area (Å²) in [5, 5.41) is 3.73. The molecule has 0 atom stereocenters. The van der Waals surface area contributed by atoms with Crippen LogP contribution in [0.2, 0.25) is 0 Å². The molecule has 12 heavy (non-hydrogen) atoms. The van der Waals surface area contributed by atoms with E-state index < -0.39 is 0 Å². The fraction of sp³-hybridized carbons (Fsp3) is 0.667. The Morgan fingerprint density at radius 1 is 1.42 bits per heavy atom. The Bertz CT molecular complexity index is 183. The molecule has 3 nitrogen and oxygen atoms in total. The number of nitrogens with zero attached hydrogens (tertiary/aromatic N) is 2. The Kier molecular flexibility index (Phi) is 2.74. The van der Waals surface area contributed by atoms with Crippen LogP contribution in [0.25, 0.3) is 0 Å². The number of hydrogen-bond donors (Lipinski definition) is 0. The largest absolute Gasteiger partial charge is 0.362 e. The van der Waals surface area contributed by atoms with Crippen LogP contribution in [-0.2, 0) is 4.84 Å². The van der Waals surface area contributed by atoms with Crippen molar-refractivity contribution in [1.29, 1.82) is 0 Å². The highest BCUT2D eigenvalue weighted by atomic mass is 16.6. The van der Waals surface area contributed by atoms with Gasteiger partial charge >= 0.3 is 0 Å². The Morgan fingerprint density at radius 2 is 2.08 bits per heavy atom. The molecule has 0 bridgehead atoms. The first-order valence-corrected chi connectivity index (χ1v) is 4.37. The van der Waals surface area contributed by atoms with Crippen LogP contribution in [0.3, 0.4) is 0 Å². The van der Waals surface area contributed by atoms with Gasteiger partial charge in [0, 0.05) is 11.7 Å². The third-order valence-corrected chi connectivity index (χ3v) is 2.66. The summed E-state index contributed by atoms with van der Waals surface area (Å²) in [6.45, 7) is 6.58. The molecule has 3 heteroatoms. The summed E-state index contributed by atoms with van der Waals surface area (Å²) in [4.78, 5) is 6.82. The van der Waals surface area contributed by atoms with E-state index >= 15 is 0 Å². The van der Waals surface area contributed by atoms with Gasteiger partial charge in [-0.25, -0.2) is 0 Å². The summed E-state index contributed by atoms with van der Waals surface area (Å²) >= 11 is 0. The molecule has 0 spiro atoms. The molecule has 1 rings (SSSR count). The van der Waals surface area contributed by atoms with Crippen molar-refractivity contribution in [3.63, 3.8) is 0 Å². The van der Waals surface area contributed by atoms with E-state index in [0.717, 1.165) is 12.8 Å². The highest BCUT2D eigenvalue weighted by molar-refractivity contribution is 5.57. The zero-order valence-electron chi connectivity index (χ0n) is 7.95. The highest BCUT2D eigenvalue weighted by Crippen LogP contribution is 2.23. The van der Waals surface area contributed by atoms with Gasteiger partial charge in [0.2, 0.25) is 0 Å². The van der Waals surface area contributed by atoms with Crippen LogP contribution in [0.5, 0.6) is 0 Å². The summed E-state index contributed by atoms with van der Waals surface area (Å²) in [5.41, 5.74) is 0.170. The lowest BCUT2D eigenvalue weighted by atomic mass is 9.94. The van der Waals surface area contributed by atoms with Crippen LogP contribution in [0, 0.1) is 0 Å². The zero-order chi connectivity index (χ0) is 9.03. The molecule has 0 radical (unpaired) electrons. The second-order valence-electron chi connectivity index (χ2n) is 3.22. The fourth-order valence-corrected chi connectivity index (χ4v) is 1.18. The van der Waals surface area contributed by atoms with Gasteiger partial charge in [0.25, 0.3) is 0 Å². The van der Waals surface area contributed by atoms with Crippen LogP contribution in [-0.4, -0.2) is 16.8 Å². The van der Waals surface area contributed by atoms with Gasteiger partial charge in [-0.2, -0.15) is 0 Å². The Morgan fingerprint density at radius 3 is 2.50 bits per heavy atom. The third-order valence-electron chi connectivity index (χ3n) is 2.66. The van der Waals surface area contributed by atoms with E-state index in [1.165, 1.54) is 0 Å². The minimum atomic E-state index is 0.170. The van der Waals surface area contributed by atoms with Crippen LogP contribution in [0.15, 0.2) is 17.6 Å². The molecular formula is C9H16N2O. The van der Waals surface area contributed by atoms with Gasteiger partial charge in [0.1, 0.15) is 12.6 Å². The first-order chi connectivity index (χ1) is 5.73. The number of hydrogen-bond acceptors (Lipinski definition) is 3. The second kappa shape index (κ2) is 3.61. The fourth-order valence-electron chi connectivity index (χ4n) is 1.18. The maximum atomic E-state index is 4.73. The molecule has 0 aliphatic carbocycles. The molecule has 0 aromatic rings. The van der Waals surface area contributed by atoms with Gasteiger partial charge in [0.05, 0.1) is 0 Å². The highest BCUT2D eigenvalue weighted by Gasteiger charge is 2.25.